The predicted octanol–water partition coefficient (Wildman–Crippen LogP) is 5.33. The van der Waals surface area contributed by atoms with E-state index in [0.717, 1.165) is 5.92 Å². The van der Waals surface area contributed by atoms with Gasteiger partial charge in [0, 0.05) is 0 Å². The number of benzene rings is 1. The second-order valence-electron chi connectivity index (χ2n) is 6.33. The van der Waals surface area contributed by atoms with Crippen molar-refractivity contribution in [2.24, 2.45) is 5.92 Å². The summed E-state index contributed by atoms with van der Waals surface area (Å²) in [5.74, 6) is 1.38. The third-order valence-electron chi connectivity index (χ3n) is 4.87. The van der Waals surface area contributed by atoms with Crippen molar-refractivity contribution in [3.63, 3.8) is 0 Å². The van der Waals surface area contributed by atoms with Crippen LogP contribution in [0.15, 0.2) is 24.3 Å². The quantitative estimate of drug-likeness (QED) is 0.522. The number of carbonyl (C=O) groups excluding carboxylic acids is 1. The van der Waals surface area contributed by atoms with Crippen LogP contribution in [0.25, 0.3) is 0 Å². The standard InChI is InChI=1S/C19H28O2/c1-3-4-5-6-15-7-9-16(10-8-15)17-11-13-18(14-12-17)19(20)21-2/h11-16H,3-10H2,1-2H3/t15-,16-. The molecule has 0 saturated heterocycles. The van der Waals surface area contributed by atoms with Gasteiger partial charge in [0.05, 0.1) is 12.7 Å². The summed E-state index contributed by atoms with van der Waals surface area (Å²) in [4.78, 5) is 11.4. The zero-order valence-electron chi connectivity index (χ0n) is 13.4. The fraction of sp³-hybridized carbons (Fsp3) is 0.632. The van der Waals surface area contributed by atoms with Gasteiger partial charge < -0.3 is 4.74 Å². The predicted molar refractivity (Wildman–Crippen MR) is 86.6 cm³/mol. The Morgan fingerprint density at radius 1 is 1.10 bits per heavy atom. The number of rotatable bonds is 6. The highest BCUT2D eigenvalue weighted by atomic mass is 16.5. The van der Waals surface area contributed by atoms with Gasteiger partial charge in [0.1, 0.15) is 0 Å². The molecule has 0 amide bonds. The van der Waals surface area contributed by atoms with Gasteiger partial charge in [-0.15, -0.1) is 0 Å². The number of carbonyl (C=O) groups is 1. The highest BCUT2D eigenvalue weighted by molar-refractivity contribution is 5.89. The zero-order valence-corrected chi connectivity index (χ0v) is 13.4. The van der Waals surface area contributed by atoms with Crippen LogP contribution in [0.3, 0.4) is 0 Å². The van der Waals surface area contributed by atoms with Gasteiger partial charge in [-0.3, -0.25) is 0 Å². The van der Waals surface area contributed by atoms with Gasteiger partial charge in [-0.05, 0) is 55.2 Å². The average molecular weight is 288 g/mol. The monoisotopic (exact) mass is 288 g/mol. The summed E-state index contributed by atoms with van der Waals surface area (Å²) in [7, 11) is 1.43. The Labute approximate surface area is 128 Å². The van der Waals surface area contributed by atoms with E-state index < -0.39 is 0 Å². The van der Waals surface area contributed by atoms with Gasteiger partial charge in [-0.25, -0.2) is 4.79 Å². The third-order valence-corrected chi connectivity index (χ3v) is 4.87. The van der Waals surface area contributed by atoms with Crippen molar-refractivity contribution in [2.75, 3.05) is 7.11 Å². The Hall–Kier alpha value is -1.31. The molecule has 1 aromatic carbocycles. The van der Waals surface area contributed by atoms with Crippen LogP contribution < -0.4 is 0 Å². The zero-order chi connectivity index (χ0) is 15.1. The maximum absolute atomic E-state index is 11.4. The third kappa shape index (κ3) is 4.59. The van der Waals surface area contributed by atoms with E-state index >= 15 is 0 Å². The van der Waals surface area contributed by atoms with Crippen molar-refractivity contribution in [1.29, 1.82) is 0 Å². The smallest absolute Gasteiger partial charge is 0.337 e. The van der Waals surface area contributed by atoms with Gasteiger partial charge in [0.25, 0.3) is 0 Å². The lowest BCUT2D eigenvalue weighted by atomic mass is 9.77. The van der Waals surface area contributed by atoms with E-state index in [1.54, 1.807) is 0 Å². The Balaban J connectivity index is 1.83. The van der Waals surface area contributed by atoms with Gasteiger partial charge >= 0.3 is 5.97 Å². The summed E-state index contributed by atoms with van der Waals surface area (Å²) < 4.78 is 4.74. The van der Waals surface area contributed by atoms with Crippen molar-refractivity contribution >= 4 is 5.97 Å². The molecule has 1 aliphatic carbocycles. The highest BCUT2D eigenvalue weighted by Gasteiger charge is 2.22. The summed E-state index contributed by atoms with van der Waals surface area (Å²) in [6, 6.07) is 8.01. The van der Waals surface area contributed by atoms with Crippen LogP contribution in [0.4, 0.5) is 0 Å². The first-order valence-electron chi connectivity index (χ1n) is 8.42. The molecule has 0 aliphatic heterocycles. The Morgan fingerprint density at radius 2 is 1.76 bits per heavy atom. The average Bonchev–Trinajstić information content (AvgIpc) is 2.55. The Morgan fingerprint density at radius 3 is 2.33 bits per heavy atom. The molecule has 0 unspecified atom stereocenters. The molecule has 0 heterocycles. The maximum atomic E-state index is 11.4. The second kappa shape index (κ2) is 8.21. The van der Waals surface area contributed by atoms with E-state index in [0.29, 0.717) is 11.5 Å². The van der Waals surface area contributed by atoms with E-state index in [4.69, 9.17) is 4.74 Å². The minimum atomic E-state index is -0.249. The number of hydrogen-bond donors (Lipinski definition) is 0. The molecule has 2 heteroatoms. The molecule has 2 rings (SSSR count). The molecular weight excluding hydrogens is 260 g/mol. The van der Waals surface area contributed by atoms with Crippen LogP contribution in [-0.4, -0.2) is 13.1 Å². The number of unbranched alkanes of at least 4 members (excludes halogenated alkanes) is 2. The molecule has 116 valence electrons. The minimum Gasteiger partial charge on any atom is -0.465 e. The molecule has 1 aromatic rings. The first kappa shape index (κ1) is 16.1. The summed E-state index contributed by atoms with van der Waals surface area (Å²) >= 11 is 0. The van der Waals surface area contributed by atoms with E-state index in [9.17, 15) is 4.79 Å². The first-order valence-corrected chi connectivity index (χ1v) is 8.42. The Kier molecular flexibility index (Phi) is 6.28. The molecule has 21 heavy (non-hydrogen) atoms. The lowest BCUT2D eigenvalue weighted by molar-refractivity contribution is 0.0600. The topological polar surface area (TPSA) is 26.3 Å². The molecule has 1 fully saturated rings. The van der Waals surface area contributed by atoms with Crippen molar-refractivity contribution in [3.8, 4) is 0 Å². The second-order valence-corrected chi connectivity index (χ2v) is 6.33. The van der Waals surface area contributed by atoms with Crippen LogP contribution in [0.2, 0.25) is 0 Å². The fourth-order valence-electron chi connectivity index (χ4n) is 3.48. The van der Waals surface area contributed by atoms with Crippen LogP contribution in [0, 0.1) is 5.92 Å². The number of hydrogen-bond acceptors (Lipinski definition) is 2. The first-order chi connectivity index (χ1) is 10.2. The van der Waals surface area contributed by atoms with Gasteiger partial charge in [0.2, 0.25) is 0 Å². The molecule has 0 bridgehead atoms. The molecule has 0 atom stereocenters. The van der Waals surface area contributed by atoms with E-state index in [-0.39, 0.29) is 5.97 Å². The largest absolute Gasteiger partial charge is 0.465 e. The summed E-state index contributed by atoms with van der Waals surface area (Å²) in [5, 5.41) is 0. The van der Waals surface area contributed by atoms with E-state index in [2.05, 4.69) is 19.1 Å². The molecule has 0 radical (unpaired) electrons. The van der Waals surface area contributed by atoms with Crippen LogP contribution in [0.1, 0.15) is 80.1 Å². The summed E-state index contributed by atoms with van der Waals surface area (Å²) in [6.07, 6.45) is 10.9. The Bertz CT molecular complexity index is 427. The van der Waals surface area contributed by atoms with Crippen LogP contribution >= 0.6 is 0 Å². The van der Waals surface area contributed by atoms with E-state index in [1.165, 1.54) is 64.0 Å². The normalized spacial score (nSPS) is 22.0. The minimum absolute atomic E-state index is 0.249. The van der Waals surface area contributed by atoms with Crippen LogP contribution in [0.5, 0.6) is 0 Å². The van der Waals surface area contributed by atoms with Gasteiger partial charge in [-0.1, -0.05) is 44.7 Å². The fourth-order valence-corrected chi connectivity index (χ4v) is 3.48. The van der Waals surface area contributed by atoms with Gasteiger partial charge in [-0.2, -0.15) is 0 Å². The van der Waals surface area contributed by atoms with Crippen molar-refractivity contribution in [3.05, 3.63) is 35.4 Å². The molecule has 0 N–H and O–H groups in total. The maximum Gasteiger partial charge on any atom is 0.337 e. The SMILES string of the molecule is CCCCC[C@H]1CC[C@H](c2ccc(C(=O)OC)cc2)CC1. The number of esters is 1. The summed E-state index contributed by atoms with van der Waals surface area (Å²) in [5.41, 5.74) is 2.03. The molecule has 1 aliphatic rings. The highest BCUT2D eigenvalue weighted by Crippen LogP contribution is 2.37. The molecule has 0 spiro atoms. The van der Waals surface area contributed by atoms with Crippen molar-refractivity contribution in [1.82, 2.24) is 0 Å². The number of methoxy groups -OCH3 is 1. The lowest BCUT2D eigenvalue weighted by Gasteiger charge is -2.29. The number of ether oxygens (including phenoxy) is 1. The summed E-state index contributed by atoms with van der Waals surface area (Å²) in [6.45, 7) is 2.27. The molecule has 2 nitrogen and oxygen atoms in total. The molecular formula is C19H28O2. The molecule has 0 aromatic heterocycles. The van der Waals surface area contributed by atoms with Crippen molar-refractivity contribution < 1.29 is 9.53 Å². The van der Waals surface area contributed by atoms with E-state index in [1.807, 2.05) is 12.1 Å². The van der Waals surface area contributed by atoms with Crippen molar-refractivity contribution in [2.45, 2.75) is 64.2 Å². The van der Waals surface area contributed by atoms with Gasteiger partial charge in [0.15, 0.2) is 0 Å². The lowest BCUT2D eigenvalue weighted by Crippen LogP contribution is -2.13. The molecule has 1 saturated carbocycles. The van der Waals surface area contributed by atoms with Crippen LogP contribution in [-0.2, 0) is 4.74 Å².